The zero-order valence-corrected chi connectivity index (χ0v) is 14.9. The highest BCUT2D eigenvalue weighted by molar-refractivity contribution is 6.03. The summed E-state index contributed by atoms with van der Waals surface area (Å²) >= 11 is 0. The first-order valence-electron chi connectivity index (χ1n) is 8.18. The molecule has 0 fully saturated rings. The summed E-state index contributed by atoms with van der Waals surface area (Å²) in [4.78, 5) is 21.0. The third kappa shape index (κ3) is 4.16. The van der Waals surface area contributed by atoms with Crippen LogP contribution in [0, 0.1) is 13.8 Å². The van der Waals surface area contributed by atoms with Crippen LogP contribution in [0.5, 0.6) is 5.75 Å². The van der Waals surface area contributed by atoms with Gasteiger partial charge < -0.3 is 15.4 Å². The van der Waals surface area contributed by atoms with E-state index in [1.165, 1.54) is 5.56 Å². The molecule has 0 aliphatic carbocycles. The average Bonchev–Trinajstić information content (AvgIpc) is 2.64. The lowest BCUT2D eigenvalue weighted by atomic mass is 10.1. The van der Waals surface area contributed by atoms with Crippen LogP contribution in [0.15, 0.2) is 54.7 Å². The molecule has 0 radical (unpaired) electrons. The highest BCUT2D eigenvalue weighted by atomic mass is 16.5. The van der Waals surface area contributed by atoms with Crippen LogP contribution in [0.1, 0.15) is 21.6 Å². The van der Waals surface area contributed by atoms with Crippen LogP contribution in [0.4, 0.5) is 17.3 Å². The summed E-state index contributed by atoms with van der Waals surface area (Å²) in [6.07, 6.45) is 1.55. The number of rotatable bonds is 5. The van der Waals surface area contributed by atoms with Crippen molar-refractivity contribution in [1.82, 2.24) is 9.97 Å². The molecule has 2 N–H and O–H groups in total. The van der Waals surface area contributed by atoms with Crippen LogP contribution >= 0.6 is 0 Å². The maximum Gasteiger partial charge on any atom is 0.274 e. The second kappa shape index (κ2) is 7.65. The van der Waals surface area contributed by atoms with Gasteiger partial charge in [0.1, 0.15) is 11.4 Å². The molecule has 6 nitrogen and oxygen atoms in total. The van der Waals surface area contributed by atoms with E-state index in [1.807, 2.05) is 38.1 Å². The normalized spacial score (nSPS) is 10.3. The standard InChI is InChI=1S/C20H20N4O2/c1-13-7-8-17(14(2)11-13)23-20-21-10-9-18(24-20)19(25)22-15-5-4-6-16(12-15)26-3/h4-12H,1-3H3,(H,22,25)(H,21,23,24). The van der Waals surface area contributed by atoms with Crippen molar-refractivity contribution in [2.45, 2.75) is 13.8 Å². The molecular weight excluding hydrogens is 328 g/mol. The molecule has 6 heteroatoms. The molecule has 3 aromatic rings. The number of carbonyl (C=O) groups excluding carboxylic acids is 1. The summed E-state index contributed by atoms with van der Waals surface area (Å²) in [5.74, 6) is 0.724. The van der Waals surface area contributed by atoms with Crippen molar-refractivity contribution in [3.05, 3.63) is 71.5 Å². The summed E-state index contributed by atoms with van der Waals surface area (Å²) in [5.41, 5.74) is 4.08. The number of nitrogens with one attached hydrogen (secondary N) is 2. The lowest BCUT2D eigenvalue weighted by Crippen LogP contribution is -2.14. The second-order valence-electron chi connectivity index (χ2n) is 5.89. The van der Waals surface area contributed by atoms with Gasteiger partial charge in [0.2, 0.25) is 5.95 Å². The molecule has 1 aromatic heterocycles. The van der Waals surface area contributed by atoms with Crippen molar-refractivity contribution in [1.29, 1.82) is 0 Å². The number of aryl methyl sites for hydroxylation is 2. The van der Waals surface area contributed by atoms with Gasteiger partial charge in [0.05, 0.1) is 7.11 Å². The molecule has 0 unspecified atom stereocenters. The van der Waals surface area contributed by atoms with Gasteiger partial charge in [-0.15, -0.1) is 0 Å². The molecule has 1 amide bonds. The Labute approximate surface area is 152 Å². The van der Waals surface area contributed by atoms with E-state index in [1.54, 1.807) is 31.5 Å². The van der Waals surface area contributed by atoms with E-state index in [-0.39, 0.29) is 11.6 Å². The fourth-order valence-corrected chi connectivity index (χ4v) is 2.52. The lowest BCUT2D eigenvalue weighted by Gasteiger charge is -2.10. The van der Waals surface area contributed by atoms with Crippen molar-refractivity contribution >= 4 is 23.2 Å². The molecule has 0 saturated heterocycles. The number of carbonyl (C=O) groups is 1. The van der Waals surface area contributed by atoms with Crippen molar-refractivity contribution in [3.8, 4) is 5.75 Å². The Balaban J connectivity index is 1.76. The van der Waals surface area contributed by atoms with E-state index in [4.69, 9.17) is 4.74 Å². The first-order valence-corrected chi connectivity index (χ1v) is 8.18. The molecule has 1 heterocycles. The maximum absolute atomic E-state index is 12.5. The first-order chi connectivity index (χ1) is 12.5. The second-order valence-corrected chi connectivity index (χ2v) is 5.89. The molecule has 3 rings (SSSR count). The predicted octanol–water partition coefficient (Wildman–Crippen LogP) is 4.10. The van der Waals surface area contributed by atoms with Crippen molar-refractivity contribution in [2.24, 2.45) is 0 Å². The number of nitrogens with zero attached hydrogens (tertiary/aromatic N) is 2. The van der Waals surface area contributed by atoms with Crippen LogP contribution in [-0.4, -0.2) is 23.0 Å². The zero-order valence-electron chi connectivity index (χ0n) is 14.9. The smallest absolute Gasteiger partial charge is 0.274 e. The van der Waals surface area contributed by atoms with Gasteiger partial charge in [0, 0.05) is 23.6 Å². The van der Waals surface area contributed by atoms with Crippen molar-refractivity contribution in [2.75, 3.05) is 17.7 Å². The largest absolute Gasteiger partial charge is 0.497 e. The highest BCUT2D eigenvalue weighted by Gasteiger charge is 2.10. The Morgan fingerprint density at radius 2 is 1.92 bits per heavy atom. The van der Waals surface area contributed by atoms with E-state index >= 15 is 0 Å². The highest BCUT2D eigenvalue weighted by Crippen LogP contribution is 2.20. The van der Waals surface area contributed by atoms with Crippen molar-refractivity contribution in [3.63, 3.8) is 0 Å². The Morgan fingerprint density at radius 1 is 1.08 bits per heavy atom. The minimum atomic E-state index is -0.315. The third-order valence-electron chi connectivity index (χ3n) is 3.84. The van der Waals surface area contributed by atoms with Crippen molar-refractivity contribution < 1.29 is 9.53 Å². The maximum atomic E-state index is 12.5. The fraction of sp³-hybridized carbons (Fsp3) is 0.150. The number of benzene rings is 2. The minimum absolute atomic E-state index is 0.273. The van der Waals surface area contributed by atoms with Crippen LogP contribution in [-0.2, 0) is 0 Å². The van der Waals surface area contributed by atoms with Crippen LogP contribution < -0.4 is 15.4 Å². The zero-order chi connectivity index (χ0) is 18.5. The molecule has 0 aliphatic heterocycles. The SMILES string of the molecule is COc1cccc(NC(=O)c2ccnc(Nc3ccc(C)cc3C)n2)c1. The summed E-state index contributed by atoms with van der Waals surface area (Å²) in [7, 11) is 1.58. The van der Waals surface area contributed by atoms with Gasteiger partial charge in [-0.3, -0.25) is 4.79 Å². The number of hydrogen-bond acceptors (Lipinski definition) is 5. The van der Waals surface area contributed by atoms with Crippen LogP contribution in [0.25, 0.3) is 0 Å². The number of amides is 1. The van der Waals surface area contributed by atoms with E-state index in [9.17, 15) is 4.79 Å². The van der Waals surface area contributed by atoms with E-state index < -0.39 is 0 Å². The lowest BCUT2D eigenvalue weighted by molar-refractivity contribution is 0.102. The number of methoxy groups -OCH3 is 1. The van der Waals surface area contributed by atoms with Gasteiger partial charge in [0.15, 0.2) is 0 Å². The molecule has 2 aromatic carbocycles. The number of ether oxygens (including phenoxy) is 1. The van der Waals surface area contributed by atoms with Gasteiger partial charge in [-0.05, 0) is 43.7 Å². The average molecular weight is 348 g/mol. The number of anilines is 3. The summed E-state index contributed by atoms with van der Waals surface area (Å²) < 4.78 is 5.16. The molecule has 26 heavy (non-hydrogen) atoms. The Morgan fingerprint density at radius 3 is 2.69 bits per heavy atom. The van der Waals surface area contributed by atoms with E-state index in [2.05, 4.69) is 26.7 Å². The van der Waals surface area contributed by atoms with Gasteiger partial charge in [0.25, 0.3) is 5.91 Å². The minimum Gasteiger partial charge on any atom is -0.497 e. The first kappa shape index (κ1) is 17.4. The number of aromatic nitrogens is 2. The van der Waals surface area contributed by atoms with E-state index in [0.717, 1.165) is 11.3 Å². The van der Waals surface area contributed by atoms with Gasteiger partial charge >= 0.3 is 0 Å². The van der Waals surface area contributed by atoms with Gasteiger partial charge in [-0.2, -0.15) is 0 Å². The quantitative estimate of drug-likeness (QED) is 0.726. The van der Waals surface area contributed by atoms with E-state index in [0.29, 0.717) is 17.4 Å². The Bertz CT molecular complexity index is 941. The summed E-state index contributed by atoms with van der Waals surface area (Å²) in [6, 6.07) is 14.8. The van der Waals surface area contributed by atoms with Gasteiger partial charge in [-0.25, -0.2) is 9.97 Å². The predicted molar refractivity (Wildman–Crippen MR) is 102 cm³/mol. The molecule has 0 aliphatic rings. The number of hydrogen-bond donors (Lipinski definition) is 2. The molecule has 0 spiro atoms. The van der Waals surface area contributed by atoms with Crippen LogP contribution in [0.2, 0.25) is 0 Å². The molecule has 0 saturated carbocycles. The molecule has 132 valence electrons. The summed E-state index contributed by atoms with van der Waals surface area (Å²) in [5, 5.41) is 5.96. The third-order valence-corrected chi connectivity index (χ3v) is 3.84. The van der Waals surface area contributed by atoms with Gasteiger partial charge in [-0.1, -0.05) is 23.8 Å². The topological polar surface area (TPSA) is 76.1 Å². The van der Waals surface area contributed by atoms with Crippen LogP contribution in [0.3, 0.4) is 0 Å². The monoisotopic (exact) mass is 348 g/mol. The molecule has 0 atom stereocenters. The fourth-order valence-electron chi connectivity index (χ4n) is 2.52. The Hall–Kier alpha value is -3.41. The molecular formula is C20H20N4O2. The summed E-state index contributed by atoms with van der Waals surface area (Å²) in [6.45, 7) is 4.05. The Kier molecular flexibility index (Phi) is 5.12. The molecule has 0 bridgehead atoms.